The minimum Gasteiger partial charge on any atom is -0.299 e. The predicted octanol–water partition coefficient (Wildman–Crippen LogP) is 5.28. The van der Waals surface area contributed by atoms with Gasteiger partial charge in [0, 0.05) is 11.8 Å². The Bertz CT molecular complexity index is 208. The van der Waals surface area contributed by atoms with E-state index in [9.17, 15) is 4.79 Å². The zero-order valence-electron chi connectivity index (χ0n) is 11.9. The maximum absolute atomic E-state index is 11.9. The highest BCUT2D eigenvalue weighted by molar-refractivity contribution is 5.90. The fourth-order valence-corrected chi connectivity index (χ4v) is 3.01. The Morgan fingerprint density at radius 2 is 1.41 bits per heavy atom. The van der Waals surface area contributed by atoms with Crippen LogP contribution in [0.3, 0.4) is 0 Å². The molecule has 0 N–H and O–H groups in total. The van der Waals surface area contributed by atoms with E-state index in [1.165, 1.54) is 70.6 Å². The highest BCUT2D eigenvalue weighted by Gasteiger charge is 2.44. The molecule has 0 saturated heterocycles. The zero-order chi connectivity index (χ0) is 12.6. The van der Waals surface area contributed by atoms with Crippen LogP contribution in [0.15, 0.2) is 0 Å². The minimum absolute atomic E-state index is 0.140. The lowest BCUT2D eigenvalue weighted by Crippen LogP contribution is -2.40. The van der Waals surface area contributed by atoms with Crippen molar-refractivity contribution in [3.63, 3.8) is 0 Å². The summed E-state index contributed by atoms with van der Waals surface area (Å²) in [6.45, 7) is 4.49. The molecular weight excluding hydrogens is 208 g/mol. The van der Waals surface area contributed by atoms with E-state index in [0.29, 0.717) is 5.78 Å². The molecule has 1 heteroatoms. The van der Waals surface area contributed by atoms with Gasteiger partial charge in [0.25, 0.3) is 0 Å². The van der Waals surface area contributed by atoms with Crippen LogP contribution in [0.2, 0.25) is 0 Å². The lowest BCUT2D eigenvalue weighted by molar-refractivity contribution is -0.139. The van der Waals surface area contributed by atoms with Crippen molar-refractivity contribution in [2.75, 3.05) is 0 Å². The third-order valence-corrected chi connectivity index (χ3v) is 4.44. The van der Waals surface area contributed by atoms with Gasteiger partial charge in [0.2, 0.25) is 0 Å². The first-order valence-electron chi connectivity index (χ1n) is 7.78. The Labute approximate surface area is 107 Å². The molecule has 0 aromatic heterocycles. The van der Waals surface area contributed by atoms with Gasteiger partial charge in [-0.3, -0.25) is 4.79 Å². The molecule has 1 fully saturated rings. The van der Waals surface area contributed by atoms with E-state index in [-0.39, 0.29) is 5.41 Å². The van der Waals surface area contributed by atoms with Crippen LogP contribution in [-0.2, 0) is 4.79 Å². The van der Waals surface area contributed by atoms with E-state index in [4.69, 9.17) is 0 Å². The molecule has 0 unspecified atom stereocenters. The summed E-state index contributed by atoms with van der Waals surface area (Å²) in [5.74, 6) is 0.575. The second kappa shape index (κ2) is 7.89. The number of carbonyl (C=O) groups is 1. The van der Waals surface area contributed by atoms with Crippen molar-refractivity contribution >= 4 is 5.78 Å². The van der Waals surface area contributed by atoms with Crippen molar-refractivity contribution in [2.45, 2.75) is 90.9 Å². The summed E-state index contributed by atoms with van der Waals surface area (Å²) in [6, 6.07) is 0. The summed E-state index contributed by atoms with van der Waals surface area (Å²) < 4.78 is 0. The lowest BCUT2D eigenvalue weighted by atomic mass is 9.62. The van der Waals surface area contributed by atoms with Gasteiger partial charge in [-0.1, -0.05) is 65.2 Å². The molecule has 1 rings (SSSR count). The minimum atomic E-state index is 0.140. The Morgan fingerprint density at radius 1 is 0.882 bits per heavy atom. The molecule has 17 heavy (non-hydrogen) atoms. The van der Waals surface area contributed by atoms with Gasteiger partial charge in [0.05, 0.1) is 0 Å². The van der Waals surface area contributed by atoms with Crippen molar-refractivity contribution in [3.8, 4) is 0 Å². The Hall–Kier alpha value is -0.330. The monoisotopic (exact) mass is 238 g/mol. The molecule has 100 valence electrons. The van der Waals surface area contributed by atoms with Crippen LogP contribution in [0.1, 0.15) is 90.9 Å². The van der Waals surface area contributed by atoms with Gasteiger partial charge in [0.15, 0.2) is 0 Å². The summed E-state index contributed by atoms with van der Waals surface area (Å²) in [6.07, 6.45) is 14.8. The van der Waals surface area contributed by atoms with Crippen LogP contribution in [0, 0.1) is 5.41 Å². The smallest absolute Gasteiger partial charge is 0.139 e. The number of Topliss-reactive ketones (excluding diaryl/α,β-unsaturated/α-hetero) is 1. The topological polar surface area (TPSA) is 17.1 Å². The van der Waals surface area contributed by atoms with Crippen molar-refractivity contribution in [2.24, 2.45) is 5.41 Å². The summed E-state index contributed by atoms with van der Waals surface area (Å²) in [4.78, 5) is 11.9. The van der Waals surface area contributed by atoms with Crippen molar-refractivity contribution in [1.82, 2.24) is 0 Å². The van der Waals surface area contributed by atoms with E-state index in [2.05, 4.69) is 13.8 Å². The van der Waals surface area contributed by atoms with Gasteiger partial charge >= 0.3 is 0 Å². The number of hydrogen-bond acceptors (Lipinski definition) is 1. The van der Waals surface area contributed by atoms with Crippen molar-refractivity contribution in [1.29, 1.82) is 0 Å². The highest BCUT2D eigenvalue weighted by atomic mass is 16.1. The second-order valence-electron chi connectivity index (χ2n) is 5.82. The summed E-state index contributed by atoms with van der Waals surface area (Å²) in [5, 5.41) is 0. The standard InChI is InChI=1S/C16H30O/c1-3-5-7-9-12-16(14-11-15(16)17)13-10-8-6-4-2/h3-14H2,1-2H3. The van der Waals surface area contributed by atoms with Crippen molar-refractivity contribution in [3.05, 3.63) is 0 Å². The van der Waals surface area contributed by atoms with Gasteiger partial charge in [0.1, 0.15) is 5.78 Å². The molecule has 0 atom stereocenters. The van der Waals surface area contributed by atoms with Crippen LogP contribution in [0.5, 0.6) is 0 Å². The molecule has 0 aromatic rings. The first kappa shape index (κ1) is 14.7. The molecule has 0 heterocycles. The third kappa shape index (κ3) is 4.44. The quantitative estimate of drug-likeness (QED) is 0.473. The van der Waals surface area contributed by atoms with Crippen molar-refractivity contribution < 1.29 is 4.79 Å². The van der Waals surface area contributed by atoms with Crippen LogP contribution in [-0.4, -0.2) is 5.78 Å². The molecule has 1 aliphatic carbocycles. The molecule has 1 aliphatic rings. The number of hydrogen-bond donors (Lipinski definition) is 0. The second-order valence-corrected chi connectivity index (χ2v) is 5.82. The molecule has 0 bridgehead atoms. The average molecular weight is 238 g/mol. The Morgan fingerprint density at radius 3 is 1.71 bits per heavy atom. The molecule has 0 spiro atoms. The van der Waals surface area contributed by atoms with Gasteiger partial charge in [-0.2, -0.15) is 0 Å². The normalized spacial score (nSPS) is 18.1. The predicted molar refractivity (Wildman–Crippen MR) is 74.2 cm³/mol. The number of rotatable bonds is 10. The molecule has 0 aromatic carbocycles. The summed E-state index contributed by atoms with van der Waals surface area (Å²) in [7, 11) is 0. The number of ketones is 1. The SMILES string of the molecule is CCCCCCC1(CCCCCC)CCC1=O. The molecular formula is C16H30O. The zero-order valence-corrected chi connectivity index (χ0v) is 11.9. The van der Waals surface area contributed by atoms with Crippen LogP contribution < -0.4 is 0 Å². The van der Waals surface area contributed by atoms with Gasteiger partial charge in [-0.05, 0) is 19.3 Å². The first-order valence-corrected chi connectivity index (χ1v) is 7.78. The van der Waals surface area contributed by atoms with E-state index >= 15 is 0 Å². The average Bonchev–Trinajstić information content (AvgIpc) is 2.35. The van der Waals surface area contributed by atoms with Gasteiger partial charge in [-0.15, -0.1) is 0 Å². The van der Waals surface area contributed by atoms with E-state index in [1.807, 2.05) is 0 Å². The summed E-state index contributed by atoms with van der Waals surface area (Å²) in [5.41, 5.74) is 0.140. The summed E-state index contributed by atoms with van der Waals surface area (Å²) >= 11 is 0. The van der Waals surface area contributed by atoms with E-state index in [0.717, 1.165) is 6.42 Å². The first-order chi connectivity index (χ1) is 8.25. The lowest BCUT2D eigenvalue weighted by Gasteiger charge is -2.40. The molecule has 1 saturated carbocycles. The Balaban J connectivity index is 2.23. The Kier molecular flexibility index (Phi) is 6.84. The third-order valence-electron chi connectivity index (χ3n) is 4.44. The largest absolute Gasteiger partial charge is 0.299 e. The molecule has 0 aliphatic heterocycles. The van der Waals surface area contributed by atoms with Gasteiger partial charge < -0.3 is 0 Å². The maximum Gasteiger partial charge on any atom is 0.139 e. The molecule has 1 nitrogen and oxygen atoms in total. The number of carbonyl (C=O) groups excluding carboxylic acids is 1. The van der Waals surface area contributed by atoms with Crippen LogP contribution in [0.4, 0.5) is 0 Å². The molecule has 0 amide bonds. The number of unbranched alkanes of at least 4 members (excludes halogenated alkanes) is 6. The van der Waals surface area contributed by atoms with E-state index in [1.54, 1.807) is 0 Å². The fourth-order valence-electron chi connectivity index (χ4n) is 3.01. The fraction of sp³-hybridized carbons (Fsp3) is 0.938. The van der Waals surface area contributed by atoms with Crippen LogP contribution in [0.25, 0.3) is 0 Å². The van der Waals surface area contributed by atoms with E-state index < -0.39 is 0 Å². The molecule has 0 radical (unpaired) electrons. The van der Waals surface area contributed by atoms with Gasteiger partial charge in [-0.25, -0.2) is 0 Å². The highest BCUT2D eigenvalue weighted by Crippen LogP contribution is 2.46. The maximum atomic E-state index is 11.9. The van der Waals surface area contributed by atoms with Crippen LogP contribution >= 0.6 is 0 Å².